The average molecular weight is 349 g/mol. The third kappa shape index (κ3) is 1.57. The molecule has 0 N–H and O–H groups in total. The molecule has 0 bridgehead atoms. The number of carbonyl (C=O) groups is 2. The van der Waals surface area contributed by atoms with Crippen LogP contribution in [0.1, 0.15) is 10.4 Å². The van der Waals surface area contributed by atoms with Gasteiger partial charge in [0.05, 0.1) is 7.11 Å². The van der Waals surface area contributed by atoms with Crippen molar-refractivity contribution in [3.05, 3.63) is 58.2 Å². The van der Waals surface area contributed by atoms with Crippen molar-refractivity contribution >= 4 is 35.3 Å². The second-order valence-corrected chi connectivity index (χ2v) is 8.46. The summed E-state index contributed by atoms with van der Waals surface area (Å²) in [7, 11) is 1.26. The highest BCUT2D eigenvalue weighted by molar-refractivity contribution is 8.15. The summed E-state index contributed by atoms with van der Waals surface area (Å²) in [5, 5.41) is 11.2. The number of ether oxygens (including phenoxy) is 1. The third-order valence-corrected chi connectivity index (χ3v) is 8.06. The van der Waals surface area contributed by atoms with Gasteiger partial charge in [0.15, 0.2) is 15.3 Å². The second kappa shape index (κ2) is 4.39. The molecule has 1 aromatic rings. The summed E-state index contributed by atoms with van der Waals surface area (Å²) in [6.45, 7) is 0. The minimum Gasteiger partial charge on any atom is -0.468 e. The second-order valence-electron chi connectivity index (χ2n) is 5.60. The number of hydrogen-bond donors (Lipinski definition) is 0. The number of esters is 1. The van der Waals surface area contributed by atoms with Crippen molar-refractivity contribution in [1.29, 1.82) is 0 Å². The monoisotopic (exact) mass is 349 g/mol. The Balaban J connectivity index is 1.79. The normalized spacial score (nSPS) is 38.9. The zero-order valence-electron chi connectivity index (χ0n) is 11.9. The molecule has 2 fully saturated rings. The van der Waals surface area contributed by atoms with Crippen LogP contribution in [-0.4, -0.2) is 43.4 Å². The maximum Gasteiger partial charge on any atom is 0.327 e. The van der Waals surface area contributed by atoms with Crippen LogP contribution in [0.4, 0.5) is 0 Å². The van der Waals surface area contributed by atoms with Gasteiger partial charge in [-0.3, -0.25) is 19.7 Å². The van der Waals surface area contributed by atoms with Gasteiger partial charge in [0.2, 0.25) is 0 Å². The number of ketones is 1. The van der Waals surface area contributed by atoms with Crippen LogP contribution in [0, 0.1) is 10.1 Å². The Hall–Kier alpha value is -1.80. The zero-order chi connectivity index (χ0) is 16.5. The molecule has 4 atom stereocenters. The van der Waals surface area contributed by atoms with Gasteiger partial charge in [0, 0.05) is 10.5 Å². The number of hydrogen-bond acceptors (Lipinski definition) is 7. The van der Waals surface area contributed by atoms with Crippen molar-refractivity contribution in [2.75, 3.05) is 7.11 Å². The maximum absolute atomic E-state index is 12.9. The van der Waals surface area contributed by atoms with Gasteiger partial charge in [-0.15, -0.1) is 11.8 Å². The minimum atomic E-state index is -1.49. The van der Waals surface area contributed by atoms with E-state index in [0.29, 0.717) is 5.56 Å². The van der Waals surface area contributed by atoms with E-state index in [1.54, 1.807) is 36.4 Å². The summed E-state index contributed by atoms with van der Waals surface area (Å²) in [6, 6.07) is 8.53. The summed E-state index contributed by atoms with van der Waals surface area (Å²) in [4.78, 5) is 34.7. The Morgan fingerprint density at radius 2 is 1.96 bits per heavy atom. The molecule has 118 valence electrons. The van der Waals surface area contributed by atoms with E-state index in [0.717, 1.165) is 11.8 Å². The van der Waals surface area contributed by atoms with E-state index < -0.39 is 30.5 Å². The predicted molar refractivity (Wildman–Crippen MR) is 86.1 cm³/mol. The number of nitro groups is 1. The summed E-state index contributed by atoms with van der Waals surface area (Å²) in [6.07, 6.45) is 3.14. The van der Waals surface area contributed by atoms with E-state index >= 15 is 0 Å². The number of benzene rings is 1. The summed E-state index contributed by atoms with van der Waals surface area (Å²) >= 11 is 2.21. The van der Waals surface area contributed by atoms with E-state index in [9.17, 15) is 19.7 Å². The predicted octanol–water partition coefficient (Wildman–Crippen LogP) is 1.92. The molecule has 0 aromatic heterocycles. The van der Waals surface area contributed by atoms with Crippen LogP contribution in [-0.2, 0) is 9.53 Å². The lowest BCUT2D eigenvalue weighted by Gasteiger charge is -2.19. The standard InChI is InChI=1S/C15H11NO5S2/c1-21-12(18)13-7-8-14(10(17)9-5-3-2-4-6-9)15(23-14,16(19)20)11(13)22-13/h2-8,11H,1H3. The first-order chi connectivity index (χ1) is 10.9. The molecule has 4 rings (SSSR count). The van der Waals surface area contributed by atoms with Gasteiger partial charge in [-0.25, -0.2) is 0 Å². The van der Waals surface area contributed by atoms with E-state index in [2.05, 4.69) is 0 Å². The molecule has 2 aliphatic heterocycles. The van der Waals surface area contributed by atoms with Gasteiger partial charge in [-0.2, -0.15) is 0 Å². The Morgan fingerprint density at radius 3 is 2.57 bits per heavy atom. The van der Waals surface area contributed by atoms with E-state index in [-0.39, 0.29) is 5.78 Å². The number of rotatable bonds is 4. The Kier molecular flexibility index (Phi) is 2.82. The maximum atomic E-state index is 12.9. The first-order valence-electron chi connectivity index (χ1n) is 6.86. The zero-order valence-corrected chi connectivity index (χ0v) is 13.6. The van der Waals surface area contributed by atoms with Crippen LogP contribution in [0.25, 0.3) is 0 Å². The number of methoxy groups -OCH3 is 1. The molecule has 2 heterocycles. The van der Waals surface area contributed by atoms with Crippen LogP contribution >= 0.6 is 23.5 Å². The number of carbonyl (C=O) groups excluding carboxylic acids is 2. The summed E-state index contributed by atoms with van der Waals surface area (Å²) < 4.78 is 2.52. The van der Waals surface area contributed by atoms with Gasteiger partial charge in [-0.05, 0) is 11.8 Å². The fourth-order valence-electron chi connectivity index (χ4n) is 3.26. The Labute approximate surface area is 139 Å². The highest BCUT2D eigenvalue weighted by atomic mass is 32.2. The van der Waals surface area contributed by atoms with Crippen molar-refractivity contribution in [2.24, 2.45) is 0 Å². The lowest BCUT2D eigenvalue weighted by Crippen LogP contribution is -2.48. The molecule has 8 heteroatoms. The quantitative estimate of drug-likeness (QED) is 0.205. The van der Waals surface area contributed by atoms with Crippen LogP contribution in [0.5, 0.6) is 0 Å². The first-order valence-corrected chi connectivity index (χ1v) is 8.55. The first kappa shape index (κ1) is 14.8. The van der Waals surface area contributed by atoms with Gasteiger partial charge in [0.1, 0.15) is 5.25 Å². The molecular weight excluding hydrogens is 338 g/mol. The Morgan fingerprint density at radius 1 is 1.26 bits per heavy atom. The molecule has 2 saturated heterocycles. The van der Waals surface area contributed by atoms with Crippen LogP contribution in [0.15, 0.2) is 42.5 Å². The molecule has 1 aromatic carbocycles. The molecule has 1 aliphatic carbocycles. The highest BCUT2D eigenvalue weighted by Gasteiger charge is 2.95. The molecule has 0 radical (unpaired) electrons. The minimum absolute atomic E-state index is 0.290. The van der Waals surface area contributed by atoms with Gasteiger partial charge in [-0.1, -0.05) is 42.5 Å². The molecule has 0 saturated carbocycles. The SMILES string of the molecule is COC(=O)C12C=CC3(C(=O)c4ccccc4)SC3([N+](=O)[O-])C1S2. The molecule has 3 aliphatic rings. The van der Waals surface area contributed by atoms with E-state index in [1.165, 1.54) is 24.9 Å². The fraction of sp³-hybridized carbons (Fsp3) is 0.333. The number of nitrogens with zero attached hydrogens (tertiary/aromatic N) is 1. The largest absolute Gasteiger partial charge is 0.468 e. The average Bonchev–Trinajstić information content (AvgIpc) is 3.44. The van der Waals surface area contributed by atoms with E-state index in [1.807, 2.05) is 0 Å². The van der Waals surface area contributed by atoms with Crippen LogP contribution in [0.2, 0.25) is 0 Å². The van der Waals surface area contributed by atoms with Crippen molar-refractivity contribution in [3.63, 3.8) is 0 Å². The molecule has 0 spiro atoms. The fourth-order valence-corrected chi connectivity index (χ4v) is 6.63. The van der Waals surface area contributed by atoms with Crippen molar-refractivity contribution in [2.45, 2.75) is 19.6 Å². The lowest BCUT2D eigenvalue weighted by atomic mass is 9.80. The molecule has 4 unspecified atom stereocenters. The molecule has 23 heavy (non-hydrogen) atoms. The number of thioether (sulfide) groups is 2. The van der Waals surface area contributed by atoms with Crippen LogP contribution in [0.3, 0.4) is 0 Å². The number of fused-ring (bicyclic) bond motifs is 3. The molecule has 6 nitrogen and oxygen atoms in total. The molecular formula is C15H11NO5S2. The highest BCUT2D eigenvalue weighted by Crippen LogP contribution is 2.81. The van der Waals surface area contributed by atoms with Gasteiger partial charge in [0.25, 0.3) is 0 Å². The third-order valence-electron chi connectivity index (χ3n) is 4.52. The smallest absolute Gasteiger partial charge is 0.327 e. The summed E-state index contributed by atoms with van der Waals surface area (Å²) in [5.41, 5.74) is 0.435. The lowest BCUT2D eigenvalue weighted by molar-refractivity contribution is -0.526. The van der Waals surface area contributed by atoms with Gasteiger partial charge < -0.3 is 4.74 Å². The number of Topliss-reactive ketones (excluding diaryl/α,β-unsaturated/α-hetero) is 1. The van der Waals surface area contributed by atoms with Gasteiger partial charge >= 0.3 is 10.8 Å². The van der Waals surface area contributed by atoms with Crippen molar-refractivity contribution in [3.8, 4) is 0 Å². The van der Waals surface area contributed by atoms with E-state index in [4.69, 9.17) is 4.74 Å². The summed E-state index contributed by atoms with van der Waals surface area (Å²) in [5.74, 6) is -0.791. The topological polar surface area (TPSA) is 86.5 Å². The Bertz CT molecular complexity index is 781. The van der Waals surface area contributed by atoms with Crippen molar-refractivity contribution < 1.29 is 19.2 Å². The van der Waals surface area contributed by atoms with Crippen LogP contribution < -0.4 is 0 Å². The molecule has 0 amide bonds. The van der Waals surface area contributed by atoms with Crippen molar-refractivity contribution in [1.82, 2.24) is 0 Å².